The lowest BCUT2D eigenvalue weighted by Crippen LogP contribution is -2.36. The predicted octanol–water partition coefficient (Wildman–Crippen LogP) is 0.721. The van der Waals surface area contributed by atoms with E-state index in [1.165, 1.54) is 12.2 Å². The molecule has 4 heteroatoms. The Labute approximate surface area is 83.6 Å². The first-order valence-corrected chi connectivity index (χ1v) is 5.81. The maximum absolute atomic E-state index is 10.7. The molecule has 0 spiro atoms. The van der Waals surface area contributed by atoms with Gasteiger partial charge in [-0.1, -0.05) is 6.92 Å². The zero-order valence-electron chi connectivity index (χ0n) is 8.03. The number of thioether (sulfide) groups is 1. The summed E-state index contributed by atoms with van der Waals surface area (Å²) in [5.74, 6) is 1.69. The molecule has 1 aliphatic rings. The lowest BCUT2D eigenvalue weighted by Gasteiger charge is -2.11. The van der Waals surface area contributed by atoms with Crippen molar-refractivity contribution in [3.05, 3.63) is 0 Å². The van der Waals surface area contributed by atoms with Crippen molar-refractivity contribution in [2.75, 3.05) is 5.75 Å². The van der Waals surface area contributed by atoms with Gasteiger partial charge in [-0.25, -0.2) is 0 Å². The Hall–Kier alpha value is -0.220. The van der Waals surface area contributed by atoms with Gasteiger partial charge in [-0.15, -0.1) is 0 Å². The summed E-state index contributed by atoms with van der Waals surface area (Å²) in [6, 6.07) is -0.448. The molecule has 0 aromatic heterocycles. The summed E-state index contributed by atoms with van der Waals surface area (Å²) in [5, 5.41) is 0.695. The van der Waals surface area contributed by atoms with Crippen LogP contribution in [0.2, 0.25) is 0 Å². The van der Waals surface area contributed by atoms with Gasteiger partial charge < -0.3 is 11.5 Å². The molecular weight excluding hydrogens is 184 g/mol. The van der Waals surface area contributed by atoms with Crippen LogP contribution >= 0.6 is 11.8 Å². The van der Waals surface area contributed by atoms with E-state index in [1.54, 1.807) is 0 Å². The number of hydrogen-bond donors (Lipinski definition) is 2. The van der Waals surface area contributed by atoms with Crippen LogP contribution in [0.5, 0.6) is 0 Å². The molecule has 0 aliphatic carbocycles. The van der Waals surface area contributed by atoms with Crippen LogP contribution in [0.4, 0.5) is 0 Å². The largest absolute Gasteiger partial charge is 0.368 e. The fourth-order valence-electron chi connectivity index (χ4n) is 1.59. The van der Waals surface area contributed by atoms with Crippen molar-refractivity contribution in [1.82, 2.24) is 0 Å². The van der Waals surface area contributed by atoms with Crippen LogP contribution in [-0.4, -0.2) is 23.0 Å². The van der Waals surface area contributed by atoms with Gasteiger partial charge in [0.25, 0.3) is 0 Å². The topological polar surface area (TPSA) is 69.1 Å². The van der Waals surface area contributed by atoms with Crippen LogP contribution < -0.4 is 11.5 Å². The number of carbonyl (C=O) groups is 1. The Morgan fingerprint density at radius 2 is 2.38 bits per heavy atom. The van der Waals surface area contributed by atoms with Gasteiger partial charge in [-0.2, -0.15) is 11.8 Å². The van der Waals surface area contributed by atoms with E-state index < -0.39 is 6.04 Å². The number of amides is 1. The van der Waals surface area contributed by atoms with Crippen LogP contribution in [0, 0.1) is 5.92 Å². The molecule has 0 bridgehead atoms. The van der Waals surface area contributed by atoms with Crippen LogP contribution in [0.1, 0.15) is 26.2 Å². The molecule has 1 saturated heterocycles. The standard InChI is InChI=1S/C9H18N2OS/c1-6-4-7(13-5-6)2-3-8(10)9(11)12/h6-8H,2-5,10H2,1H3,(H2,11,12)/t6-,7-,8-/m0/s1. The van der Waals surface area contributed by atoms with Crippen LogP contribution in [0.25, 0.3) is 0 Å². The summed E-state index contributed by atoms with van der Waals surface area (Å²) >= 11 is 2.00. The molecule has 1 rings (SSSR count). The Balaban J connectivity index is 2.16. The predicted molar refractivity (Wildman–Crippen MR) is 56.4 cm³/mol. The smallest absolute Gasteiger partial charge is 0.234 e. The molecule has 0 aromatic rings. The molecule has 1 aliphatic heterocycles. The molecule has 1 fully saturated rings. The first-order chi connectivity index (χ1) is 6.09. The summed E-state index contributed by atoms with van der Waals surface area (Å²) in [7, 11) is 0. The Kier molecular flexibility index (Phi) is 4.06. The SMILES string of the molecule is C[C@@H]1CS[C@@H](CC[C@H](N)C(N)=O)C1. The van der Waals surface area contributed by atoms with Crippen molar-refractivity contribution < 1.29 is 4.79 Å². The molecule has 0 unspecified atom stereocenters. The second-order valence-electron chi connectivity index (χ2n) is 3.88. The summed E-state index contributed by atoms with van der Waals surface area (Å²) < 4.78 is 0. The van der Waals surface area contributed by atoms with E-state index in [0.717, 1.165) is 18.8 Å². The second kappa shape index (κ2) is 4.86. The number of hydrogen-bond acceptors (Lipinski definition) is 3. The quantitative estimate of drug-likeness (QED) is 0.706. The molecular formula is C9H18N2OS. The lowest BCUT2D eigenvalue weighted by atomic mass is 10.0. The van der Waals surface area contributed by atoms with E-state index in [2.05, 4.69) is 6.92 Å². The third kappa shape index (κ3) is 3.56. The molecule has 4 N–H and O–H groups in total. The average molecular weight is 202 g/mol. The zero-order valence-corrected chi connectivity index (χ0v) is 8.85. The molecule has 0 aromatic carbocycles. The van der Waals surface area contributed by atoms with Crippen molar-refractivity contribution in [3.63, 3.8) is 0 Å². The summed E-state index contributed by atoms with van der Waals surface area (Å²) in [5.41, 5.74) is 10.6. The number of nitrogens with two attached hydrogens (primary N) is 2. The number of primary amides is 1. The van der Waals surface area contributed by atoms with Gasteiger partial charge in [0.05, 0.1) is 6.04 Å². The third-order valence-corrected chi connectivity index (χ3v) is 4.11. The van der Waals surface area contributed by atoms with Gasteiger partial charge in [0.2, 0.25) is 5.91 Å². The molecule has 3 nitrogen and oxygen atoms in total. The van der Waals surface area contributed by atoms with Crippen molar-refractivity contribution in [2.45, 2.75) is 37.5 Å². The average Bonchev–Trinajstić information content (AvgIpc) is 2.47. The molecule has 3 atom stereocenters. The van der Waals surface area contributed by atoms with E-state index in [0.29, 0.717) is 5.25 Å². The second-order valence-corrected chi connectivity index (χ2v) is 5.22. The van der Waals surface area contributed by atoms with Crippen molar-refractivity contribution in [2.24, 2.45) is 17.4 Å². The van der Waals surface area contributed by atoms with Gasteiger partial charge in [0, 0.05) is 5.25 Å². The molecule has 1 amide bonds. The van der Waals surface area contributed by atoms with E-state index in [4.69, 9.17) is 11.5 Å². The van der Waals surface area contributed by atoms with Gasteiger partial charge in [-0.05, 0) is 30.9 Å². The first kappa shape index (κ1) is 10.9. The Bertz CT molecular complexity index is 186. The minimum atomic E-state index is -0.448. The highest BCUT2D eigenvalue weighted by Crippen LogP contribution is 2.33. The summed E-state index contributed by atoms with van der Waals surface area (Å²) in [6.45, 7) is 2.26. The molecule has 13 heavy (non-hydrogen) atoms. The fraction of sp³-hybridized carbons (Fsp3) is 0.889. The van der Waals surface area contributed by atoms with E-state index in [1.807, 2.05) is 11.8 Å². The maximum atomic E-state index is 10.7. The molecule has 1 heterocycles. The highest BCUT2D eigenvalue weighted by atomic mass is 32.2. The van der Waals surface area contributed by atoms with Crippen molar-refractivity contribution >= 4 is 17.7 Å². The van der Waals surface area contributed by atoms with Gasteiger partial charge in [0.1, 0.15) is 0 Å². The normalized spacial score (nSPS) is 30.3. The van der Waals surface area contributed by atoms with Crippen LogP contribution in [-0.2, 0) is 4.79 Å². The third-order valence-electron chi connectivity index (χ3n) is 2.45. The highest BCUT2D eigenvalue weighted by molar-refractivity contribution is 8.00. The minimum absolute atomic E-state index is 0.379. The first-order valence-electron chi connectivity index (χ1n) is 4.76. The van der Waals surface area contributed by atoms with Gasteiger partial charge in [-0.3, -0.25) is 4.79 Å². The maximum Gasteiger partial charge on any atom is 0.234 e. The molecule has 0 saturated carbocycles. The summed E-state index contributed by atoms with van der Waals surface area (Å²) in [6.07, 6.45) is 3.02. The fourth-order valence-corrected chi connectivity index (χ4v) is 3.10. The number of carbonyl (C=O) groups excluding carboxylic acids is 1. The highest BCUT2D eigenvalue weighted by Gasteiger charge is 2.22. The Morgan fingerprint density at radius 3 is 2.85 bits per heavy atom. The molecule has 0 radical (unpaired) electrons. The lowest BCUT2D eigenvalue weighted by molar-refractivity contribution is -0.119. The monoisotopic (exact) mass is 202 g/mol. The van der Waals surface area contributed by atoms with Crippen molar-refractivity contribution in [3.8, 4) is 0 Å². The zero-order chi connectivity index (χ0) is 9.84. The van der Waals surface area contributed by atoms with E-state index >= 15 is 0 Å². The van der Waals surface area contributed by atoms with Gasteiger partial charge >= 0.3 is 0 Å². The minimum Gasteiger partial charge on any atom is -0.368 e. The van der Waals surface area contributed by atoms with E-state index in [-0.39, 0.29) is 5.91 Å². The Morgan fingerprint density at radius 1 is 1.69 bits per heavy atom. The van der Waals surface area contributed by atoms with Gasteiger partial charge in [0.15, 0.2) is 0 Å². The van der Waals surface area contributed by atoms with E-state index in [9.17, 15) is 4.79 Å². The summed E-state index contributed by atoms with van der Waals surface area (Å²) in [4.78, 5) is 10.7. The van der Waals surface area contributed by atoms with Crippen LogP contribution in [0.15, 0.2) is 0 Å². The molecule has 76 valence electrons. The van der Waals surface area contributed by atoms with Crippen molar-refractivity contribution in [1.29, 1.82) is 0 Å². The number of rotatable bonds is 4. The van der Waals surface area contributed by atoms with Crippen LogP contribution in [0.3, 0.4) is 0 Å².